The van der Waals surface area contributed by atoms with Gasteiger partial charge in [0.05, 0.1) is 5.71 Å². The predicted molar refractivity (Wildman–Crippen MR) is 79.4 cm³/mol. The van der Waals surface area contributed by atoms with Gasteiger partial charge < -0.3 is 0 Å². The molecule has 0 aliphatic rings. The summed E-state index contributed by atoms with van der Waals surface area (Å²) in [5.41, 5.74) is 5.44. The minimum absolute atomic E-state index is 0.0812. The van der Waals surface area contributed by atoms with Crippen LogP contribution >= 0.6 is 0 Å². The highest BCUT2D eigenvalue weighted by Crippen LogP contribution is 2.02. The second-order valence-corrected chi connectivity index (χ2v) is 4.45. The molecule has 0 aliphatic carbocycles. The van der Waals surface area contributed by atoms with Gasteiger partial charge >= 0.3 is 0 Å². The molecule has 1 heterocycles. The van der Waals surface area contributed by atoms with Gasteiger partial charge in [0.2, 0.25) is 5.91 Å². The fourth-order valence-corrected chi connectivity index (χ4v) is 1.76. The number of pyridine rings is 1. The van der Waals surface area contributed by atoms with Crippen molar-refractivity contribution in [2.75, 3.05) is 0 Å². The van der Waals surface area contributed by atoms with Crippen LogP contribution in [0.4, 0.5) is 0 Å². The number of nitrogens with one attached hydrogen (secondary N) is 1. The highest BCUT2D eigenvalue weighted by atomic mass is 16.2. The number of hydrogen-bond acceptors (Lipinski definition) is 3. The second kappa shape index (κ2) is 7.19. The SMILES string of the molecule is CC(=NNC(=O)CCc1ccccc1)c1ccncc1. The first-order chi connectivity index (χ1) is 9.75. The molecule has 0 fully saturated rings. The summed E-state index contributed by atoms with van der Waals surface area (Å²) in [5.74, 6) is -0.0812. The Morgan fingerprint density at radius 1 is 1.15 bits per heavy atom. The number of benzene rings is 1. The number of carbonyl (C=O) groups is 1. The number of hydrazone groups is 1. The highest BCUT2D eigenvalue weighted by Gasteiger charge is 2.02. The number of amides is 1. The van der Waals surface area contributed by atoms with Crippen LogP contribution in [-0.4, -0.2) is 16.6 Å². The second-order valence-electron chi connectivity index (χ2n) is 4.45. The third-order valence-electron chi connectivity index (χ3n) is 2.93. The standard InChI is InChI=1S/C16H17N3O/c1-13(15-9-11-17-12-10-15)18-19-16(20)8-7-14-5-3-2-4-6-14/h2-6,9-12H,7-8H2,1H3,(H,19,20). The lowest BCUT2D eigenvalue weighted by molar-refractivity contribution is -0.121. The zero-order valence-corrected chi connectivity index (χ0v) is 11.4. The van der Waals surface area contributed by atoms with Gasteiger partial charge in [-0.1, -0.05) is 30.3 Å². The van der Waals surface area contributed by atoms with Gasteiger partial charge in [0.15, 0.2) is 0 Å². The molecule has 102 valence electrons. The van der Waals surface area contributed by atoms with Crippen molar-refractivity contribution >= 4 is 11.6 Å². The first kappa shape index (κ1) is 13.9. The van der Waals surface area contributed by atoms with E-state index in [4.69, 9.17) is 0 Å². The Morgan fingerprint density at radius 3 is 2.55 bits per heavy atom. The lowest BCUT2D eigenvalue weighted by Crippen LogP contribution is -2.19. The van der Waals surface area contributed by atoms with Gasteiger partial charge in [0.25, 0.3) is 0 Å². The van der Waals surface area contributed by atoms with Gasteiger partial charge in [0, 0.05) is 24.4 Å². The number of nitrogens with zero attached hydrogens (tertiary/aromatic N) is 2. The molecule has 4 heteroatoms. The van der Waals surface area contributed by atoms with E-state index in [2.05, 4.69) is 15.5 Å². The topological polar surface area (TPSA) is 54.4 Å². The fraction of sp³-hybridized carbons (Fsp3) is 0.188. The van der Waals surface area contributed by atoms with Crippen LogP contribution in [0.1, 0.15) is 24.5 Å². The molecule has 0 unspecified atom stereocenters. The van der Waals surface area contributed by atoms with Crippen molar-refractivity contribution in [1.82, 2.24) is 10.4 Å². The molecule has 0 spiro atoms. The molecule has 0 bridgehead atoms. The minimum Gasteiger partial charge on any atom is -0.273 e. The molecule has 0 radical (unpaired) electrons. The summed E-state index contributed by atoms with van der Waals surface area (Å²) in [5, 5.41) is 4.10. The molecule has 20 heavy (non-hydrogen) atoms. The molecule has 1 aromatic carbocycles. The van der Waals surface area contributed by atoms with E-state index in [-0.39, 0.29) is 5.91 Å². The average molecular weight is 267 g/mol. The number of aryl methyl sites for hydroxylation is 1. The van der Waals surface area contributed by atoms with Crippen LogP contribution in [-0.2, 0) is 11.2 Å². The van der Waals surface area contributed by atoms with Gasteiger partial charge in [-0.3, -0.25) is 9.78 Å². The predicted octanol–water partition coefficient (Wildman–Crippen LogP) is 2.55. The molecule has 1 N–H and O–H groups in total. The van der Waals surface area contributed by atoms with Crippen LogP contribution in [0.2, 0.25) is 0 Å². The first-order valence-electron chi connectivity index (χ1n) is 6.53. The van der Waals surface area contributed by atoms with Crippen molar-refractivity contribution in [2.24, 2.45) is 5.10 Å². The summed E-state index contributed by atoms with van der Waals surface area (Å²) in [6, 6.07) is 13.6. The molecule has 0 aliphatic heterocycles. The third kappa shape index (κ3) is 4.31. The Bertz CT molecular complexity index is 579. The van der Waals surface area contributed by atoms with Gasteiger partial charge in [-0.15, -0.1) is 0 Å². The lowest BCUT2D eigenvalue weighted by Gasteiger charge is -2.03. The van der Waals surface area contributed by atoms with Crippen LogP contribution in [0, 0.1) is 0 Å². The normalized spacial score (nSPS) is 11.2. The molecule has 1 aromatic heterocycles. The van der Waals surface area contributed by atoms with Crippen molar-refractivity contribution in [3.05, 3.63) is 66.0 Å². The van der Waals surface area contributed by atoms with Crippen molar-refractivity contribution in [2.45, 2.75) is 19.8 Å². The molecule has 0 saturated carbocycles. The summed E-state index contributed by atoms with van der Waals surface area (Å²) < 4.78 is 0. The maximum absolute atomic E-state index is 11.7. The van der Waals surface area contributed by atoms with E-state index in [1.807, 2.05) is 49.4 Å². The molecular weight excluding hydrogens is 250 g/mol. The molecule has 2 aromatic rings. The van der Waals surface area contributed by atoms with E-state index >= 15 is 0 Å². The van der Waals surface area contributed by atoms with Crippen LogP contribution in [0.3, 0.4) is 0 Å². The quantitative estimate of drug-likeness (QED) is 0.668. The van der Waals surface area contributed by atoms with Crippen LogP contribution in [0.25, 0.3) is 0 Å². The Labute approximate surface area is 118 Å². The van der Waals surface area contributed by atoms with E-state index in [0.29, 0.717) is 6.42 Å². The maximum Gasteiger partial charge on any atom is 0.240 e. The summed E-state index contributed by atoms with van der Waals surface area (Å²) in [4.78, 5) is 15.7. The maximum atomic E-state index is 11.7. The lowest BCUT2D eigenvalue weighted by atomic mass is 10.1. The summed E-state index contributed by atoms with van der Waals surface area (Å²) in [6.07, 6.45) is 4.55. The van der Waals surface area contributed by atoms with Gasteiger partial charge in [0.1, 0.15) is 0 Å². The van der Waals surface area contributed by atoms with E-state index in [0.717, 1.165) is 23.3 Å². The number of carbonyl (C=O) groups excluding carboxylic acids is 1. The van der Waals surface area contributed by atoms with Crippen molar-refractivity contribution in [3.8, 4) is 0 Å². The monoisotopic (exact) mass is 267 g/mol. The highest BCUT2D eigenvalue weighted by molar-refractivity contribution is 5.99. The molecule has 0 saturated heterocycles. The van der Waals surface area contributed by atoms with Crippen LogP contribution < -0.4 is 5.43 Å². The Balaban J connectivity index is 1.83. The van der Waals surface area contributed by atoms with Crippen molar-refractivity contribution < 1.29 is 4.79 Å². The van der Waals surface area contributed by atoms with Gasteiger partial charge in [-0.05, 0) is 31.0 Å². The van der Waals surface area contributed by atoms with E-state index in [9.17, 15) is 4.79 Å². The molecular formula is C16H17N3O. The molecule has 0 atom stereocenters. The number of hydrogen-bond donors (Lipinski definition) is 1. The first-order valence-corrected chi connectivity index (χ1v) is 6.53. The third-order valence-corrected chi connectivity index (χ3v) is 2.93. The zero-order valence-electron chi connectivity index (χ0n) is 11.4. The van der Waals surface area contributed by atoms with Crippen molar-refractivity contribution in [3.63, 3.8) is 0 Å². The summed E-state index contributed by atoms with van der Waals surface area (Å²) in [6.45, 7) is 1.85. The fourth-order valence-electron chi connectivity index (χ4n) is 1.76. The Kier molecular flexibility index (Phi) is 5.00. The van der Waals surface area contributed by atoms with Gasteiger partial charge in [-0.25, -0.2) is 5.43 Å². The van der Waals surface area contributed by atoms with Crippen LogP contribution in [0.15, 0.2) is 60.0 Å². The number of rotatable bonds is 5. The largest absolute Gasteiger partial charge is 0.273 e. The Hall–Kier alpha value is -2.49. The molecule has 2 rings (SSSR count). The summed E-state index contributed by atoms with van der Waals surface area (Å²) >= 11 is 0. The number of aromatic nitrogens is 1. The van der Waals surface area contributed by atoms with E-state index < -0.39 is 0 Å². The van der Waals surface area contributed by atoms with Crippen molar-refractivity contribution in [1.29, 1.82) is 0 Å². The van der Waals surface area contributed by atoms with E-state index in [1.165, 1.54) is 0 Å². The molecule has 1 amide bonds. The minimum atomic E-state index is -0.0812. The van der Waals surface area contributed by atoms with Crippen LogP contribution in [0.5, 0.6) is 0 Å². The van der Waals surface area contributed by atoms with Gasteiger partial charge in [-0.2, -0.15) is 5.10 Å². The molecule has 4 nitrogen and oxygen atoms in total. The summed E-state index contributed by atoms with van der Waals surface area (Å²) in [7, 11) is 0. The smallest absolute Gasteiger partial charge is 0.240 e. The average Bonchev–Trinajstić information content (AvgIpc) is 2.52. The zero-order chi connectivity index (χ0) is 14.2. The van der Waals surface area contributed by atoms with E-state index in [1.54, 1.807) is 12.4 Å². The Morgan fingerprint density at radius 2 is 1.85 bits per heavy atom.